The predicted octanol–water partition coefficient (Wildman–Crippen LogP) is 3.08. The van der Waals surface area contributed by atoms with Gasteiger partial charge in [-0.2, -0.15) is 4.98 Å². The number of aryl methyl sites for hydroxylation is 1. The molecule has 0 radical (unpaired) electrons. The van der Waals surface area contributed by atoms with Crippen molar-refractivity contribution < 1.29 is 14.3 Å². The number of hydrogen-bond donors (Lipinski definition) is 1. The molecule has 7 heteroatoms. The summed E-state index contributed by atoms with van der Waals surface area (Å²) >= 11 is 0. The van der Waals surface area contributed by atoms with Crippen LogP contribution in [0.25, 0.3) is 0 Å². The molecule has 1 aromatic heterocycles. The van der Waals surface area contributed by atoms with E-state index in [4.69, 9.17) is 9.47 Å². The Morgan fingerprint density at radius 2 is 1.86 bits per heavy atom. The third-order valence-corrected chi connectivity index (χ3v) is 4.82. The highest BCUT2D eigenvalue weighted by atomic mass is 16.5. The fourth-order valence-electron chi connectivity index (χ4n) is 3.20. The number of ether oxygens (including phenoxy) is 2. The number of carbonyl (C=O) groups is 1. The fraction of sp³-hybridized carbons (Fsp3) is 0.500. The van der Waals surface area contributed by atoms with Crippen molar-refractivity contribution in [3.8, 4) is 11.6 Å². The first-order valence-corrected chi connectivity index (χ1v) is 10.2. The second-order valence-corrected chi connectivity index (χ2v) is 7.52. The summed E-state index contributed by atoms with van der Waals surface area (Å²) in [6.45, 7) is 8.88. The summed E-state index contributed by atoms with van der Waals surface area (Å²) in [5, 5.41) is 2.79. The van der Waals surface area contributed by atoms with Gasteiger partial charge in [-0.25, -0.2) is 4.98 Å². The van der Waals surface area contributed by atoms with Gasteiger partial charge in [0.15, 0.2) is 6.61 Å². The lowest BCUT2D eigenvalue weighted by molar-refractivity contribution is -0.123. The van der Waals surface area contributed by atoms with Crippen LogP contribution in [0.1, 0.15) is 44.0 Å². The summed E-state index contributed by atoms with van der Waals surface area (Å²) < 4.78 is 11.2. The van der Waals surface area contributed by atoms with Crippen LogP contribution in [0.4, 0.5) is 5.82 Å². The van der Waals surface area contributed by atoms with E-state index in [-0.39, 0.29) is 12.5 Å². The van der Waals surface area contributed by atoms with E-state index in [1.54, 1.807) is 0 Å². The Morgan fingerprint density at radius 1 is 1.14 bits per heavy atom. The normalized spacial score (nSPS) is 13.6. The minimum atomic E-state index is -0.182. The highest BCUT2D eigenvalue weighted by Crippen LogP contribution is 2.21. The summed E-state index contributed by atoms with van der Waals surface area (Å²) in [7, 11) is 0. The molecule has 0 aliphatic carbocycles. The number of benzene rings is 1. The number of nitrogens with one attached hydrogen (secondary N) is 1. The topological polar surface area (TPSA) is 76.6 Å². The van der Waals surface area contributed by atoms with Gasteiger partial charge in [0.1, 0.15) is 24.0 Å². The van der Waals surface area contributed by atoms with E-state index < -0.39 is 0 Å². The highest BCUT2D eigenvalue weighted by molar-refractivity contribution is 5.77. The van der Waals surface area contributed by atoms with E-state index in [0.29, 0.717) is 36.5 Å². The van der Waals surface area contributed by atoms with Gasteiger partial charge in [-0.3, -0.25) is 4.79 Å². The molecule has 0 saturated carbocycles. The standard InChI is InChI=1S/C22H30N4O3/c1-16(2)18-6-8-19(9-7-18)29-15-21(27)23-10-13-28-22-14-20(24-17(3)25-22)26-11-4-5-12-26/h6-9,14,16H,4-5,10-13,15H2,1-3H3,(H,23,27). The molecule has 1 aliphatic heterocycles. The number of hydrogen-bond acceptors (Lipinski definition) is 6. The first kappa shape index (κ1) is 20.9. The van der Waals surface area contributed by atoms with Crippen molar-refractivity contribution in [3.05, 3.63) is 41.7 Å². The molecule has 156 valence electrons. The summed E-state index contributed by atoms with van der Waals surface area (Å²) in [5.41, 5.74) is 1.24. The third kappa shape index (κ3) is 6.34. The summed E-state index contributed by atoms with van der Waals surface area (Å²) in [5.74, 6) is 3.11. The van der Waals surface area contributed by atoms with Gasteiger partial charge in [-0.15, -0.1) is 0 Å². The molecule has 3 rings (SSSR count). The molecule has 0 spiro atoms. The zero-order valence-corrected chi connectivity index (χ0v) is 17.5. The number of carbonyl (C=O) groups excluding carboxylic acids is 1. The van der Waals surface area contributed by atoms with Crippen LogP contribution in [0.5, 0.6) is 11.6 Å². The molecular formula is C22H30N4O3. The fourth-order valence-corrected chi connectivity index (χ4v) is 3.20. The zero-order valence-electron chi connectivity index (χ0n) is 17.5. The lowest BCUT2D eigenvalue weighted by Crippen LogP contribution is -2.32. The van der Waals surface area contributed by atoms with Crippen LogP contribution in [0, 0.1) is 6.92 Å². The smallest absolute Gasteiger partial charge is 0.258 e. The second kappa shape index (κ2) is 10.1. The molecule has 0 atom stereocenters. The van der Waals surface area contributed by atoms with Gasteiger partial charge in [0.05, 0.1) is 6.54 Å². The first-order valence-electron chi connectivity index (χ1n) is 10.2. The largest absolute Gasteiger partial charge is 0.484 e. The second-order valence-electron chi connectivity index (χ2n) is 7.52. The van der Waals surface area contributed by atoms with E-state index in [2.05, 4.69) is 34.0 Å². The Bertz CT molecular complexity index is 802. The summed E-state index contributed by atoms with van der Waals surface area (Å²) in [6, 6.07) is 9.68. The molecule has 1 fully saturated rings. The lowest BCUT2D eigenvalue weighted by Gasteiger charge is -2.17. The van der Waals surface area contributed by atoms with E-state index >= 15 is 0 Å². The molecule has 1 aromatic carbocycles. The Morgan fingerprint density at radius 3 is 2.55 bits per heavy atom. The molecular weight excluding hydrogens is 368 g/mol. The van der Waals surface area contributed by atoms with Crippen LogP contribution in [-0.4, -0.2) is 48.7 Å². The van der Waals surface area contributed by atoms with E-state index in [1.807, 2.05) is 37.3 Å². The average molecular weight is 399 g/mol. The molecule has 0 bridgehead atoms. The molecule has 2 heterocycles. The van der Waals surface area contributed by atoms with Crippen LogP contribution >= 0.6 is 0 Å². The Hall–Kier alpha value is -2.83. The van der Waals surface area contributed by atoms with Crippen LogP contribution in [0.15, 0.2) is 30.3 Å². The number of amides is 1. The van der Waals surface area contributed by atoms with Gasteiger partial charge in [0.2, 0.25) is 5.88 Å². The SMILES string of the molecule is Cc1nc(OCCNC(=O)COc2ccc(C(C)C)cc2)cc(N2CCCC2)n1. The molecule has 1 amide bonds. The van der Waals surface area contributed by atoms with Crippen molar-refractivity contribution >= 4 is 11.7 Å². The Labute approximate surface area is 172 Å². The minimum Gasteiger partial charge on any atom is -0.484 e. The molecule has 1 N–H and O–H groups in total. The molecule has 1 aliphatic rings. The number of rotatable bonds is 9. The van der Waals surface area contributed by atoms with Crippen molar-refractivity contribution in [2.24, 2.45) is 0 Å². The van der Waals surface area contributed by atoms with E-state index in [0.717, 1.165) is 18.9 Å². The summed E-state index contributed by atoms with van der Waals surface area (Å²) in [4.78, 5) is 23.0. The van der Waals surface area contributed by atoms with Gasteiger partial charge in [0, 0.05) is 19.2 Å². The molecule has 2 aromatic rings. The number of anilines is 1. The third-order valence-electron chi connectivity index (χ3n) is 4.82. The molecule has 29 heavy (non-hydrogen) atoms. The van der Waals surface area contributed by atoms with Gasteiger partial charge in [0.25, 0.3) is 5.91 Å². The van der Waals surface area contributed by atoms with Crippen molar-refractivity contribution in [1.82, 2.24) is 15.3 Å². The first-order chi connectivity index (χ1) is 14.0. The quantitative estimate of drug-likeness (QED) is 0.654. The van der Waals surface area contributed by atoms with Crippen molar-refractivity contribution in [2.45, 2.75) is 39.5 Å². The van der Waals surface area contributed by atoms with Gasteiger partial charge in [-0.1, -0.05) is 26.0 Å². The number of nitrogens with zero attached hydrogens (tertiary/aromatic N) is 3. The number of aromatic nitrogens is 2. The Balaban J connectivity index is 1.38. The highest BCUT2D eigenvalue weighted by Gasteiger charge is 2.15. The van der Waals surface area contributed by atoms with Crippen LogP contribution in [0.3, 0.4) is 0 Å². The van der Waals surface area contributed by atoms with Crippen LogP contribution in [-0.2, 0) is 4.79 Å². The van der Waals surface area contributed by atoms with Crippen LogP contribution < -0.4 is 19.7 Å². The van der Waals surface area contributed by atoms with Crippen molar-refractivity contribution in [2.75, 3.05) is 37.7 Å². The van der Waals surface area contributed by atoms with E-state index in [1.165, 1.54) is 18.4 Å². The van der Waals surface area contributed by atoms with Gasteiger partial charge < -0.3 is 19.7 Å². The molecule has 0 unspecified atom stereocenters. The average Bonchev–Trinajstić information content (AvgIpc) is 3.24. The van der Waals surface area contributed by atoms with Crippen molar-refractivity contribution in [3.63, 3.8) is 0 Å². The van der Waals surface area contributed by atoms with Gasteiger partial charge >= 0.3 is 0 Å². The maximum absolute atomic E-state index is 12.0. The molecule has 7 nitrogen and oxygen atoms in total. The minimum absolute atomic E-state index is 0.0211. The lowest BCUT2D eigenvalue weighted by atomic mass is 10.0. The van der Waals surface area contributed by atoms with E-state index in [9.17, 15) is 4.79 Å². The maximum atomic E-state index is 12.0. The molecule has 1 saturated heterocycles. The van der Waals surface area contributed by atoms with Crippen molar-refractivity contribution in [1.29, 1.82) is 0 Å². The zero-order chi connectivity index (χ0) is 20.6. The van der Waals surface area contributed by atoms with Gasteiger partial charge in [-0.05, 0) is 43.4 Å². The monoisotopic (exact) mass is 398 g/mol. The maximum Gasteiger partial charge on any atom is 0.258 e. The predicted molar refractivity (Wildman–Crippen MR) is 113 cm³/mol. The Kier molecular flexibility index (Phi) is 7.27. The summed E-state index contributed by atoms with van der Waals surface area (Å²) in [6.07, 6.45) is 2.38. The van der Waals surface area contributed by atoms with Crippen LogP contribution in [0.2, 0.25) is 0 Å².